The maximum atomic E-state index is 11.9. The number of rotatable bonds is 5. The Labute approximate surface area is 172 Å². The van der Waals surface area contributed by atoms with E-state index in [1.807, 2.05) is 30.4 Å². The summed E-state index contributed by atoms with van der Waals surface area (Å²) in [5, 5.41) is 5.42. The van der Waals surface area contributed by atoms with Crippen LogP contribution in [-0.2, 0) is 0 Å². The number of amides is 2. The van der Waals surface area contributed by atoms with E-state index in [0.29, 0.717) is 23.8 Å². The van der Waals surface area contributed by atoms with E-state index in [0.717, 1.165) is 22.4 Å². The van der Waals surface area contributed by atoms with E-state index >= 15 is 0 Å². The van der Waals surface area contributed by atoms with Crippen molar-refractivity contribution in [3.63, 3.8) is 0 Å². The molecule has 10 heteroatoms. The molecule has 0 fully saturated rings. The zero-order valence-electron chi connectivity index (χ0n) is 16.7. The van der Waals surface area contributed by atoms with Gasteiger partial charge >= 0.3 is 12.0 Å². The minimum atomic E-state index is -0.321. The minimum Gasteiger partial charge on any atom is -0.467 e. The summed E-state index contributed by atoms with van der Waals surface area (Å²) in [6.07, 6.45) is 8.59. The number of carbonyl (C=O) groups is 1. The van der Waals surface area contributed by atoms with Gasteiger partial charge in [-0.1, -0.05) is 0 Å². The maximum absolute atomic E-state index is 11.9. The quantitative estimate of drug-likeness (QED) is 0.525. The van der Waals surface area contributed by atoms with E-state index in [1.54, 1.807) is 31.0 Å². The fourth-order valence-electron chi connectivity index (χ4n) is 2.90. The van der Waals surface area contributed by atoms with Crippen molar-refractivity contribution in [1.29, 1.82) is 0 Å². The van der Waals surface area contributed by atoms with Crippen LogP contribution in [0.1, 0.15) is 12.5 Å². The maximum Gasteiger partial charge on any atom is 0.320 e. The molecule has 0 aromatic carbocycles. The Hall–Kier alpha value is -4.08. The molecule has 0 aliphatic rings. The molecule has 2 N–H and O–H groups in total. The summed E-state index contributed by atoms with van der Waals surface area (Å²) < 4.78 is 6.87. The standard InChI is InChI=1S/C20H20N8O2/c1-4-21-19(29)27-16-11-28-15(18-22-7-12(2)8-23-18)5-13(6-17(28)26-16)14-9-24-20(30-3)25-10-14/h5-11H,4H2,1-3H3,(H2,21,27,29). The number of aromatic nitrogens is 6. The molecule has 0 radical (unpaired) electrons. The molecule has 0 saturated carbocycles. The van der Waals surface area contributed by atoms with Gasteiger partial charge in [-0.05, 0) is 37.1 Å². The van der Waals surface area contributed by atoms with Crippen LogP contribution in [0.3, 0.4) is 0 Å². The van der Waals surface area contributed by atoms with Crippen LogP contribution < -0.4 is 15.4 Å². The molecule has 10 nitrogen and oxygen atoms in total. The van der Waals surface area contributed by atoms with Gasteiger partial charge in [0.15, 0.2) is 11.6 Å². The van der Waals surface area contributed by atoms with Crippen molar-refractivity contribution in [2.24, 2.45) is 0 Å². The summed E-state index contributed by atoms with van der Waals surface area (Å²) in [6, 6.07) is 3.78. The van der Waals surface area contributed by atoms with Gasteiger partial charge in [-0.2, -0.15) is 0 Å². The number of hydrogen-bond acceptors (Lipinski definition) is 7. The molecule has 0 unspecified atom stereocenters. The number of nitrogens with zero attached hydrogens (tertiary/aromatic N) is 6. The van der Waals surface area contributed by atoms with Crippen molar-refractivity contribution in [2.45, 2.75) is 13.8 Å². The predicted molar refractivity (Wildman–Crippen MR) is 111 cm³/mol. The highest BCUT2D eigenvalue weighted by Gasteiger charge is 2.14. The van der Waals surface area contributed by atoms with Gasteiger partial charge in [0.05, 0.1) is 19.0 Å². The van der Waals surface area contributed by atoms with E-state index in [-0.39, 0.29) is 12.0 Å². The highest BCUT2D eigenvalue weighted by atomic mass is 16.5. The first kappa shape index (κ1) is 19.2. The molecular formula is C20H20N8O2. The van der Waals surface area contributed by atoms with Gasteiger partial charge in [-0.25, -0.2) is 29.7 Å². The van der Waals surface area contributed by atoms with Crippen molar-refractivity contribution >= 4 is 17.5 Å². The van der Waals surface area contributed by atoms with E-state index in [4.69, 9.17) is 4.74 Å². The molecule has 4 heterocycles. The van der Waals surface area contributed by atoms with Crippen molar-refractivity contribution in [3.8, 4) is 28.7 Å². The van der Waals surface area contributed by atoms with Crippen LogP contribution in [-0.4, -0.2) is 49.0 Å². The van der Waals surface area contributed by atoms with E-state index in [9.17, 15) is 4.79 Å². The number of nitrogens with one attached hydrogen (secondary N) is 2. The van der Waals surface area contributed by atoms with Crippen LogP contribution in [0.15, 0.2) is 43.1 Å². The highest BCUT2D eigenvalue weighted by molar-refractivity contribution is 5.88. The van der Waals surface area contributed by atoms with Crippen molar-refractivity contribution in [3.05, 3.63) is 48.7 Å². The largest absolute Gasteiger partial charge is 0.467 e. The fourth-order valence-corrected chi connectivity index (χ4v) is 2.90. The normalized spacial score (nSPS) is 10.8. The Morgan fingerprint density at radius 3 is 2.47 bits per heavy atom. The highest BCUT2D eigenvalue weighted by Crippen LogP contribution is 2.28. The lowest BCUT2D eigenvalue weighted by molar-refractivity contribution is 0.252. The fraction of sp³-hybridized carbons (Fsp3) is 0.200. The third-order valence-corrected chi connectivity index (χ3v) is 4.30. The molecule has 4 rings (SSSR count). The summed E-state index contributed by atoms with van der Waals surface area (Å²) in [7, 11) is 1.52. The number of anilines is 1. The lowest BCUT2D eigenvalue weighted by Crippen LogP contribution is -2.28. The first-order valence-electron chi connectivity index (χ1n) is 9.31. The molecule has 4 aromatic rings. The third kappa shape index (κ3) is 3.88. The molecule has 30 heavy (non-hydrogen) atoms. The van der Waals surface area contributed by atoms with Crippen LogP contribution in [0.25, 0.3) is 28.3 Å². The summed E-state index contributed by atoms with van der Waals surface area (Å²) in [5.74, 6) is 0.946. The average Bonchev–Trinajstić information content (AvgIpc) is 3.16. The zero-order chi connectivity index (χ0) is 21.1. The number of ether oxygens (including phenoxy) is 1. The summed E-state index contributed by atoms with van der Waals surface area (Å²) >= 11 is 0. The van der Waals surface area contributed by atoms with Crippen molar-refractivity contribution < 1.29 is 9.53 Å². The lowest BCUT2D eigenvalue weighted by atomic mass is 10.1. The minimum absolute atomic E-state index is 0.288. The Morgan fingerprint density at radius 1 is 1.07 bits per heavy atom. The van der Waals surface area contributed by atoms with Gasteiger partial charge < -0.3 is 10.1 Å². The van der Waals surface area contributed by atoms with E-state index < -0.39 is 0 Å². The average molecular weight is 404 g/mol. The topological polar surface area (TPSA) is 119 Å². The van der Waals surface area contributed by atoms with Crippen LogP contribution in [0, 0.1) is 6.92 Å². The van der Waals surface area contributed by atoms with Crippen LogP contribution in [0.4, 0.5) is 10.6 Å². The number of pyridine rings is 1. The Bertz CT molecular complexity index is 1190. The van der Waals surface area contributed by atoms with Gasteiger partial charge in [0.25, 0.3) is 0 Å². The Balaban J connectivity index is 1.84. The van der Waals surface area contributed by atoms with Crippen molar-refractivity contribution in [2.75, 3.05) is 19.0 Å². The first-order chi connectivity index (χ1) is 14.6. The Kier molecular flexibility index (Phi) is 5.21. The smallest absolute Gasteiger partial charge is 0.320 e. The van der Waals surface area contributed by atoms with E-state index in [2.05, 4.69) is 35.6 Å². The SMILES string of the molecule is CCNC(=O)Nc1cn2c(-c3ncc(C)cn3)cc(-c3cnc(OC)nc3)cc2n1. The first-order valence-corrected chi connectivity index (χ1v) is 9.31. The van der Waals surface area contributed by atoms with Gasteiger partial charge in [-0.3, -0.25) is 9.72 Å². The number of fused-ring (bicyclic) bond motifs is 1. The molecule has 152 valence electrons. The molecule has 0 aliphatic heterocycles. The second-order valence-electron chi connectivity index (χ2n) is 6.51. The molecule has 0 bridgehead atoms. The Morgan fingerprint density at radius 2 is 1.80 bits per heavy atom. The predicted octanol–water partition coefficient (Wildman–Crippen LogP) is 2.71. The third-order valence-electron chi connectivity index (χ3n) is 4.30. The van der Waals surface area contributed by atoms with Gasteiger partial charge in [0.2, 0.25) is 0 Å². The number of imidazole rings is 1. The molecule has 0 atom stereocenters. The van der Waals surface area contributed by atoms with Crippen LogP contribution in [0.5, 0.6) is 6.01 Å². The lowest BCUT2D eigenvalue weighted by Gasteiger charge is -2.08. The summed E-state index contributed by atoms with van der Waals surface area (Å²) in [5.41, 5.74) is 3.91. The summed E-state index contributed by atoms with van der Waals surface area (Å²) in [6.45, 7) is 4.29. The molecule has 0 spiro atoms. The number of urea groups is 1. The molecule has 0 aliphatic carbocycles. The molecular weight excluding hydrogens is 384 g/mol. The molecule has 0 saturated heterocycles. The van der Waals surface area contributed by atoms with Gasteiger partial charge in [0.1, 0.15) is 5.65 Å². The van der Waals surface area contributed by atoms with E-state index in [1.165, 1.54) is 7.11 Å². The second kappa shape index (κ2) is 8.11. The van der Waals surface area contributed by atoms with Gasteiger partial charge in [0, 0.05) is 36.9 Å². The number of methoxy groups -OCH3 is 1. The van der Waals surface area contributed by atoms with Crippen molar-refractivity contribution in [1.82, 2.24) is 34.6 Å². The number of hydrogen-bond donors (Lipinski definition) is 2. The van der Waals surface area contributed by atoms with Gasteiger partial charge in [-0.15, -0.1) is 0 Å². The monoisotopic (exact) mass is 404 g/mol. The van der Waals surface area contributed by atoms with Crippen LogP contribution >= 0.6 is 0 Å². The van der Waals surface area contributed by atoms with Crippen LogP contribution in [0.2, 0.25) is 0 Å². The zero-order valence-corrected chi connectivity index (χ0v) is 16.7. The second-order valence-corrected chi connectivity index (χ2v) is 6.51. The number of aryl methyl sites for hydroxylation is 1. The molecule has 2 amide bonds. The molecule has 4 aromatic heterocycles. The summed E-state index contributed by atoms with van der Waals surface area (Å²) in [4.78, 5) is 33.7. The number of carbonyl (C=O) groups excluding carboxylic acids is 1.